The highest BCUT2D eigenvalue weighted by atomic mass is 14.7. The SMILES string of the molecule is CCCc1nc(C)ccc1N. The Balaban J connectivity index is 2.93. The number of anilines is 1. The van der Waals surface area contributed by atoms with Crippen molar-refractivity contribution in [3.05, 3.63) is 23.5 Å². The third-order valence-corrected chi connectivity index (χ3v) is 1.64. The van der Waals surface area contributed by atoms with Crippen molar-refractivity contribution >= 4 is 5.69 Å². The largest absolute Gasteiger partial charge is 0.397 e. The number of pyridine rings is 1. The van der Waals surface area contributed by atoms with Crippen molar-refractivity contribution < 1.29 is 0 Å². The van der Waals surface area contributed by atoms with Gasteiger partial charge in [0.05, 0.1) is 11.4 Å². The minimum Gasteiger partial charge on any atom is -0.397 e. The Kier molecular flexibility index (Phi) is 2.47. The van der Waals surface area contributed by atoms with E-state index in [9.17, 15) is 0 Å². The van der Waals surface area contributed by atoms with Crippen LogP contribution >= 0.6 is 0 Å². The van der Waals surface area contributed by atoms with Gasteiger partial charge in [-0.05, 0) is 25.5 Å². The second-order valence-electron chi connectivity index (χ2n) is 2.74. The molecule has 0 spiro atoms. The van der Waals surface area contributed by atoms with E-state index in [1.807, 2.05) is 19.1 Å². The summed E-state index contributed by atoms with van der Waals surface area (Å²) in [5.74, 6) is 0. The number of hydrogen-bond acceptors (Lipinski definition) is 2. The molecule has 60 valence electrons. The molecule has 1 heterocycles. The van der Waals surface area contributed by atoms with Crippen molar-refractivity contribution in [3.8, 4) is 0 Å². The van der Waals surface area contributed by atoms with Crippen molar-refractivity contribution in [2.24, 2.45) is 0 Å². The van der Waals surface area contributed by atoms with Gasteiger partial charge in [-0.1, -0.05) is 13.3 Å². The third kappa shape index (κ3) is 1.93. The average Bonchev–Trinajstić information content (AvgIpc) is 1.98. The van der Waals surface area contributed by atoms with Crippen LogP contribution in [-0.2, 0) is 6.42 Å². The minimum atomic E-state index is 0.817. The molecule has 0 aromatic carbocycles. The van der Waals surface area contributed by atoms with Crippen molar-refractivity contribution in [2.45, 2.75) is 26.7 Å². The molecule has 0 bridgehead atoms. The van der Waals surface area contributed by atoms with Crippen LogP contribution in [0.4, 0.5) is 5.69 Å². The molecule has 2 heteroatoms. The Morgan fingerprint density at radius 3 is 2.82 bits per heavy atom. The zero-order valence-electron chi connectivity index (χ0n) is 7.09. The van der Waals surface area contributed by atoms with Gasteiger partial charge in [0.15, 0.2) is 0 Å². The molecule has 0 aliphatic carbocycles. The summed E-state index contributed by atoms with van der Waals surface area (Å²) < 4.78 is 0. The number of nitrogens with two attached hydrogens (primary N) is 1. The summed E-state index contributed by atoms with van der Waals surface area (Å²) in [6.07, 6.45) is 2.08. The van der Waals surface area contributed by atoms with Gasteiger partial charge in [0.2, 0.25) is 0 Å². The number of aromatic nitrogens is 1. The van der Waals surface area contributed by atoms with E-state index in [1.165, 1.54) is 0 Å². The van der Waals surface area contributed by atoms with Crippen molar-refractivity contribution in [2.75, 3.05) is 5.73 Å². The number of rotatable bonds is 2. The lowest BCUT2D eigenvalue weighted by Gasteiger charge is -2.02. The van der Waals surface area contributed by atoms with Crippen LogP contribution < -0.4 is 5.73 Å². The zero-order chi connectivity index (χ0) is 8.27. The Morgan fingerprint density at radius 1 is 1.45 bits per heavy atom. The molecule has 0 aliphatic heterocycles. The first-order valence-corrected chi connectivity index (χ1v) is 3.96. The molecule has 0 atom stereocenters. The summed E-state index contributed by atoms with van der Waals surface area (Å²) >= 11 is 0. The van der Waals surface area contributed by atoms with Crippen molar-refractivity contribution in [1.82, 2.24) is 4.98 Å². The van der Waals surface area contributed by atoms with Gasteiger partial charge in [-0.3, -0.25) is 4.98 Å². The topological polar surface area (TPSA) is 38.9 Å². The lowest BCUT2D eigenvalue weighted by Crippen LogP contribution is -1.98. The monoisotopic (exact) mass is 150 g/mol. The third-order valence-electron chi connectivity index (χ3n) is 1.64. The van der Waals surface area contributed by atoms with E-state index in [4.69, 9.17) is 5.73 Å². The second kappa shape index (κ2) is 3.37. The lowest BCUT2D eigenvalue weighted by molar-refractivity contribution is 0.878. The van der Waals surface area contributed by atoms with Crippen LogP contribution in [0.3, 0.4) is 0 Å². The van der Waals surface area contributed by atoms with Gasteiger partial charge < -0.3 is 5.73 Å². The van der Waals surface area contributed by atoms with E-state index in [0.29, 0.717) is 0 Å². The Bertz CT molecular complexity index is 243. The molecule has 0 radical (unpaired) electrons. The van der Waals surface area contributed by atoms with Crippen molar-refractivity contribution in [1.29, 1.82) is 0 Å². The fourth-order valence-corrected chi connectivity index (χ4v) is 1.06. The number of aryl methyl sites for hydroxylation is 2. The maximum absolute atomic E-state index is 5.71. The second-order valence-corrected chi connectivity index (χ2v) is 2.74. The first-order valence-electron chi connectivity index (χ1n) is 3.96. The van der Waals surface area contributed by atoms with Gasteiger partial charge in [-0.25, -0.2) is 0 Å². The van der Waals surface area contributed by atoms with Gasteiger partial charge in [0.25, 0.3) is 0 Å². The van der Waals surface area contributed by atoms with Crippen molar-refractivity contribution in [3.63, 3.8) is 0 Å². The summed E-state index contributed by atoms with van der Waals surface area (Å²) in [5.41, 5.74) is 8.61. The van der Waals surface area contributed by atoms with Gasteiger partial charge in [0.1, 0.15) is 0 Å². The normalized spacial score (nSPS) is 10.0. The van der Waals surface area contributed by atoms with Crippen LogP contribution in [0.25, 0.3) is 0 Å². The first-order chi connectivity index (χ1) is 5.24. The van der Waals surface area contributed by atoms with Crippen LogP contribution in [0.15, 0.2) is 12.1 Å². The summed E-state index contributed by atoms with van der Waals surface area (Å²) in [6.45, 7) is 4.11. The zero-order valence-corrected chi connectivity index (χ0v) is 7.09. The van der Waals surface area contributed by atoms with Crippen LogP contribution in [0, 0.1) is 6.92 Å². The van der Waals surface area contributed by atoms with Crippen LogP contribution in [0.5, 0.6) is 0 Å². The van der Waals surface area contributed by atoms with Crippen LogP contribution in [0.2, 0.25) is 0 Å². The molecule has 1 rings (SSSR count). The van der Waals surface area contributed by atoms with Gasteiger partial charge in [-0.15, -0.1) is 0 Å². The van der Waals surface area contributed by atoms with E-state index in [-0.39, 0.29) is 0 Å². The fraction of sp³-hybridized carbons (Fsp3) is 0.444. The summed E-state index contributed by atoms with van der Waals surface area (Å²) in [4.78, 5) is 4.34. The van der Waals surface area contributed by atoms with Gasteiger partial charge in [0, 0.05) is 5.69 Å². The lowest BCUT2D eigenvalue weighted by atomic mass is 10.2. The molecule has 1 aromatic rings. The smallest absolute Gasteiger partial charge is 0.0635 e. The molecule has 0 aliphatic rings. The Labute approximate surface area is 67.5 Å². The molecule has 1 aromatic heterocycles. The van der Waals surface area contributed by atoms with E-state index in [2.05, 4.69) is 11.9 Å². The predicted molar refractivity (Wildman–Crippen MR) is 47.4 cm³/mol. The summed E-state index contributed by atoms with van der Waals surface area (Å²) in [6, 6.07) is 3.86. The highest BCUT2D eigenvalue weighted by Crippen LogP contribution is 2.10. The molecule has 0 saturated heterocycles. The number of hydrogen-bond donors (Lipinski definition) is 1. The maximum Gasteiger partial charge on any atom is 0.0635 e. The maximum atomic E-state index is 5.71. The number of nitrogen functional groups attached to an aromatic ring is 1. The Morgan fingerprint density at radius 2 is 2.18 bits per heavy atom. The molecule has 0 amide bonds. The van der Waals surface area contributed by atoms with Crippen LogP contribution in [-0.4, -0.2) is 4.98 Å². The van der Waals surface area contributed by atoms with E-state index in [1.54, 1.807) is 0 Å². The predicted octanol–water partition coefficient (Wildman–Crippen LogP) is 1.92. The molecular weight excluding hydrogens is 136 g/mol. The number of nitrogens with zero attached hydrogens (tertiary/aromatic N) is 1. The minimum absolute atomic E-state index is 0.817. The first kappa shape index (κ1) is 8.05. The van der Waals surface area contributed by atoms with Gasteiger partial charge >= 0.3 is 0 Å². The standard InChI is InChI=1S/C9H14N2/c1-3-4-9-8(10)6-5-7(2)11-9/h5-6H,3-4,10H2,1-2H3. The highest BCUT2D eigenvalue weighted by Gasteiger charge is 1.98. The van der Waals surface area contributed by atoms with E-state index >= 15 is 0 Å². The summed E-state index contributed by atoms with van der Waals surface area (Å²) in [7, 11) is 0. The molecule has 0 saturated carbocycles. The quantitative estimate of drug-likeness (QED) is 0.699. The highest BCUT2D eigenvalue weighted by molar-refractivity contribution is 5.43. The Hall–Kier alpha value is -1.05. The molecule has 0 unspecified atom stereocenters. The molecule has 0 fully saturated rings. The fourth-order valence-electron chi connectivity index (χ4n) is 1.06. The molecule has 2 N–H and O–H groups in total. The van der Waals surface area contributed by atoms with Crippen LogP contribution in [0.1, 0.15) is 24.7 Å². The average molecular weight is 150 g/mol. The van der Waals surface area contributed by atoms with E-state index in [0.717, 1.165) is 29.9 Å². The molecular formula is C9H14N2. The molecule has 2 nitrogen and oxygen atoms in total. The van der Waals surface area contributed by atoms with Gasteiger partial charge in [-0.2, -0.15) is 0 Å². The molecule has 11 heavy (non-hydrogen) atoms. The summed E-state index contributed by atoms with van der Waals surface area (Å²) in [5, 5.41) is 0. The van der Waals surface area contributed by atoms with E-state index < -0.39 is 0 Å².